The third-order valence-corrected chi connectivity index (χ3v) is 4.11. The molecule has 17 heavy (non-hydrogen) atoms. The van der Waals surface area contributed by atoms with E-state index >= 15 is 0 Å². The fourth-order valence-electron chi connectivity index (χ4n) is 2.77. The summed E-state index contributed by atoms with van der Waals surface area (Å²) in [6, 6.07) is 0.407. The molecule has 0 bridgehead atoms. The quantitative estimate of drug-likeness (QED) is 0.755. The number of carbonyl (C=O) groups excluding carboxylic acids is 1. The van der Waals surface area contributed by atoms with E-state index in [2.05, 4.69) is 17.6 Å². The molecular weight excluding hydrogens is 216 g/mol. The van der Waals surface area contributed by atoms with E-state index in [9.17, 15) is 4.79 Å². The fourth-order valence-corrected chi connectivity index (χ4v) is 2.77. The Labute approximate surface area is 103 Å². The van der Waals surface area contributed by atoms with Gasteiger partial charge >= 0.3 is 0 Å². The minimum Gasteiger partial charge on any atom is -0.368 e. The molecule has 0 aromatic carbocycles. The normalized spacial score (nSPS) is 30.9. The van der Waals surface area contributed by atoms with Crippen molar-refractivity contribution < 1.29 is 9.53 Å². The van der Waals surface area contributed by atoms with Crippen molar-refractivity contribution in [2.45, 2.75) is 50.7 Å². The highest BCUT2D eigenvalue weighted by atomic mass is 16.5. The van der Waals surface area contributed by atoms with Gasteiger partial charge in [-0.15, -0.1) is 0 Å². The molecule has 4 heteroatoms. The lowest BCUT2D eigenvalue weighted by atomic mass is 9.91. The Morgan fingerprint density at radius 2 is 2.18 bits per heavy atom. The van der Waals surface area contributed by atoms with Gasteiger partial charge in [0, 0.05) is 13.2 Å². The SMILES string of the molecule is CCCC1CC1NC(=O)C1(OC)CCNCC1. The summed E-state index contributed by atoms with van der Waals surface area (Å²) in [6.45, 7) is 3.93. The molecule has 2 N–H and O–H groups in total. The van der Waals surface area contributed by atoms with E-state index in [1.807, 2.05) is 0 Å². The van der Waals surface area contributed by atoms with E-state index in [1.165, 1.54) is 12.8 Å². The zero-order valence-electron chi connectivity index (χ0n) is 10.9. The summed E-state index contributed by atoms with van der Waals surface area (Å²) < 4.78 is 5.51. The molecule has 1 saturated heterocycles. The predicted octanol–water partition coefficient (Wildman–Crippen LogP) is 1.06. The van der Waals surface area contributed by atoms with Crippen LogP contribution in [0.5, 0.6) is 0 Å². The number of ether oxygens (including phenoxy) is 1. The summed E-state index contributed by atoms with van der Waals surface area (Å²) in [7, 11) is 1.65. The van der Waals surface area contributed by atoms with Crippen molar-refractivity contribution in [3.63, 3.8) is 0 Å². The first-order chi connectivity index (χ1) is 8.22. The van der Waals surface area contributed by atoms with Crippen molar-refractivity contribution in [3.05, 3.63) is 0 Å². The topological polar surface area (TPSA) is 50.4 Å². The summed E-state index contributed by atoms with van der Waals surface area (Å²) in [5.74, 6) is 0.810. The fraction of sp³-hybridized carbons (Fsp3) is 0.923. The van der Waals surface area contributed by atoms with E-state index in [4.69, 9.17) is 4.74 Å². The molecule has 1 aliphatic carbocycles. The molecule has 0 aromatic heterocycles. The lowest BCUT2D eigenvalue weighted by molar-refractivity contribution is -0.146. The van der Waals surface area contributed by atoms with Crippen LogP contribution in [0.4, 0.5) is 0 Å². The van der Waals surface area contributed by atoms with E-state index in [1.54, 1.807) is 7.11 Å². The molecule has 2 atom stereocenters. The third kappa shape index (κ3) is 2.80. The van der Waals surface area contributed by atoms with Gasteiger partial charge in [-0.3, -0.25) is 4.79 Å². The molecular formula is C13H24N2O2. The Bertz CT molecular complexity index is 275. The lowest BCUT2D eigenvalue weighted by Gasteiger charge is -2.34. The number of piperidine rings is 1. The molecule has 2 aliphatic rings. The van der Waals surface area contributed by atoms with Crippen LogP contribution in [-0.2, 0) is 9.53 Å². The van der Waals surface area contributed by atoms with Crippen molar-refractivity contribution >= 4 is 5.91 Å². The van der Waals surface area contributed by atoms with Gasteiger partial charge in [0.2, 0.25) is 0 Å². The van der Waals surface area contributed by atoms with Gasteiger partial charge in [0.25, 0.3) is 5.91 Å². The van der Waals surface area contributed by atoms with Gasteiger partial charge in [0.05, 0.1) is 0 Å². The average Bonchev–Trinajstić information content (AvgIpc) is 3.08. The molecule has 0 aromatic rings. The van der Waals surface area contributed by atoms with Crippen LogP contribution < -0.4 is 10.6 Å². The largest absolute Gasteiger partial charge is 0.368 e. The van der Waals surface area contributed by atoms with Crippen molar-refractivity contribution in [2.75, 3.05) is 20.2 Å². The minimum absolute atomic E-state index is 0.102. The number of rotatable bonds is 5. The Hall–Kier alpha value is -0.610. The molecule has 2 rings (SSSR count). The van der Waals surface area contributed by atoms with E-state index < -0.39 is 5.60 Å². The van der Waals surface area contributed by atoms with Crippen molar-refractivity contribution in [3.8, 4) is 0 Å². The predicted molar refractivity (Wildman–Crippen MR) is 66.8 cm³/mol. The second-order valence-corrected chi connectivity index (χ2v) is 5.31. The Morgan fingerprint density at radius 3 is 2.76 bits per heavy atom. The van der Waals surface area contributed by atoms with Crippen LogP contribution in [0.1, 0.15) is 39.0 Å². The van der Waals surface area contributed by atoms with Crippen LogP contribution in [0.2, 0.25) is 0 Å². The number of hydrogen-bond acceptors (Lipinski definition) is 3. The number of amides is 1. The van der Waals surface area contributed by atoms with E-state index in [-0.39, 0.29) is 5.91 Å². The molecule has 1 heterocycles. The number of carbonyl (C=O) groups is 1. The summed E-state index contributed by atoms with van der Waals surface area (Å²) in [6.07, 6.45) is 5.14. The second kappa shape index (κ2) is 5.36. The van der Waals surface area contributed by atoms with Gasteiger partial charge in [0.1, 0.15) is 5.60 Å². The zero-order valence-corrected chi connectivity index (χ0v) is 10.9. The molecule has 2 fully saturated rings. The molecule has 98 valence electrons. The first kappa shape index (κ1) is 12.8. The number of hydrogen-bond donors (Lipinski definition) is 2. The third-order valence-electron chi connectivity index (χ3n) is 4.11. The van der Waals surface area contributed by atoms with Gasteiger partial charge in [-0.2, -0.15) is 0 Å². The first-order valence-electron chi connectivity index (χ1n) is 6.78. The molecule has 4 nitrogen and oxygen atoms in total. The van der Waals surface area contributed by atoms with Crippen molar-refractivity contribution in [1.82, 2.24) is 10.6 Å². The molecule has 1 aliphatic heterocycles. The molecule has 0 radical (unpaired) electrons. The smallest absolute Gasteiger partial charge is 0.252 e. The number of nitrogens with one attached hydrogen (secondary N) is 2. The van der Waals surface area contributed by atoms with Crippen LogP contribution in [0.15, 0.2) is 0 Å². The molecule has 0 spiro atoms. The van der Waals surface area contributed by atoms with Gasteiger partial charge in [0.15, 0.2) is 0 Å². The maximum atomic E-state index is 12.3. The minimum atomic E-state index is -0.579. The standard InChI is InChI=1S/C13H24N2O2/c1-3-4-10-9-11(10)15-12(16)13(17-2)5-7-14-8-6-13/h10-11,14H,3-9H2,1-2H3,(H,15,16). The van der Waals surface area contributed by atoms with Crippen LogP contribution in [-0.4, -0.2) is 37.7 Å². The molecule has 1 saturated carbocycles. The van der Waals surface area contributed by atoms with Crippen LogP contribution in [0.3, 0.4) is 0 Å². The Balaban J connectivity index is 1.85. The van der Waals surface area contributed by atoms with Gasteiger partial charge in [-0.05, 0) is 44.7 Å². The Kier molecular flexibility index (Phi) is 4.05. The van der Waals surface area contributed by atoms with Crippen LogP contribution in [0.25, 0.3) is 0 Å². The van der Waals surface area contributed by atoms with Crippen LogP contribution in [0, 0.1) is 5.92 Å². The Morgan fingerprint density at radius 1 is 1.47 bits per heavy atom. The zero-order chi connectivity index (χ0) is 12.3. The highest BCUT2D eigenvalue weighted by molar-refractivity contribution is 5.86. The first-order valence-corrected chi connectivity index (χ1v) is 6.78. The summed E-state index contributed by atoms with van der Waals surface area (Å²) in [4.78, 5) is 12.3. The maximum Gasteiger partial charge on any atom is 0.252 e. The lowest BCUT2D eigenvalue weighted by Crippen LogP contribution is -2.54. The van der Waals surface area contributed by atoms with Gasteiger partial charge in [-0.25, -0.2) is 0 Å². The van der Waals surface area contributed by atoms with Crippen molar-refractivity contribution in [1.29, 1.82) is 0 Å². The van der Waals surface area contributed by atoms with E-state index in [0.29, 0.717) is 12.0 Å². The van der Waals surface area contributed by atoms with Crippen LogP contribution >= 0.6 is 0 Å². The maximum absolute atomic E-state index is 12.3. The average molecular weight is 240 g/mol. The summed E-state index contributed by atoms with van der Waals surface area (Å²) in [5.41, 5.74) is -0.579. The number of methoxy groups -OCH3 is 1. The molecule has 2 unspecified atom stereocenters. The highest BCUT2D eigenvalue weighted by Gasteiger charge is 2.44. The van der Waals surface area contributed by atoms with Gasteiger partial charge < -0.3 is 15.4 Å². The summed E-state index contributed by atoms with van der Waals surface area (Å²) >= 11 is 0. The van der Waals surface area contributed by atoms with E-state index in [0.717, 1.165) is 32.4 Å². The summed E-state index contributed by atoms with van der Waals surface area (Å²) in [5, 5.41) is 6.43. The van der Waals surface area contributed by atoms with Gasteiger partial charge in [-0.1, -0.05) is 13.3 Å². The van der Waals surface area contributed by atoms with Crippen molar-refractivity contribution in [2.24, 2.45) is 5.92 Å². The monoisotopic (exact) mass is 240 g/mol. The molecule has 1 amide bonds. The highest BCUT2D eigenvalue weighted by Crippen LogP contribution is 2.35. The second-order valence-electron chi connectivity index (χ2n) is 5.31.